The molecule has 2 aliphatic heterocycles. The van der Waals surface area contributed by atoms with E-state index in [1.807, 2.05) is 29.2 Å². The Bertz CT molecular complexity index is 543. The largest absolute Gasteiger partial charge is 0.382 e. The zero-order valence-corrected chi connectivity index (χ0v) is 15.5. The molecular weight excluding hydrogens is 314 g/mol. The predicted octanol–water partition coefficient (Wildman–Crippen LogP) is 4.46. The number of nitrogens with zero attached hydrogens (tertiary/aromatic N) is 1. The first-order valence-electron chi connectivity index (χ1n) is 9.68. The van der Waals surface area contributed by atoms with Gasteiger partial charge in [-0.05, 0) is 63.8 Å². The highest BCUT2D eigenvalue weighted by atomic mass is 16.5. The number of nitrogens with one attached hydrogen (secondary N) is 2. The van der Waals surface area contributed by atoms with E-state index in [1.165, 1.54) is 12.8 Å². The zero-order chi connectivity index (χ0) is 17.6. The maximum absolute atomic E-state index is 12.4. The molecule has 2 aliphatic rings. The summed E-state index contributed by atoms with van der Waals surface area (Å²) >= 11 is 0. The van der Waals surface area contributed by atoms with Crippen molar-refractivity contribution in [3.05, 3.63) is 24.3 Å². The van der Waals surface area contributed by atoms with Gasteiger partial charge in [0.05, 0.1) is 12.2 Å². The van der Waals surface area contributed by atoms with Gasteiger partial charge in [0, 0.05) is 30.5 Å². The summed E-state index contributed by atoms with van der Waals surface area (Å²) < 4.78 is 5.79. The number of likely N-dealkylation sites (tertiary alicyclic amines) is 1. The summed E-state index contributed by atoms with van der Waals surface area (Å²) in [6, 6.07) is 8.51. The van der Waals surface area contributed by atoms with Crippen molar-refractivity contribution in [2.75, 3.05) is 23.7 Å². The summed E-state index contributed by atoms with van der Waals surface area (Å²) in [5.74, 6) is 0. The minimum atomic E-state index is 0.0229. The molecule has 2 heterocycles. The van der Waals surface area contributed by atoms with Crippen LogP contribution >= 0.6 is 0 Å². The molecule has 0 aliphatic carbocycles. The number of hydrogen-bond donors (Lipinski definition) is 2. The van der Waals surface area contributed by atoms with E-state index in [-0.39, 0.29) is 6.03 Å². The van der Waals surface area contributed by atoms with Crippen LogP contribution in [0.2, 0.25) is 0 Å². The van der Waals surface area contributed by atoms with Gasteiger partial charge >= 0.3 is 6.03 Å². The molecule has 138 valence electrons. The van der Waals surface area contributed by atoms with Gasteiger partial charge in [-0.2, -0.15) is 0 Å². The van der Waals surface area contributed by atoms with Crippen LogP contribution in [0.5, 0.6) is 0 Å². The highest BCUT2D eigenvalue weighted by Gasteiger charge is 2.24. The number of carbonyl (C=O) groups is 1. The van der Waals surface area contributed by atoms with Crippen LogP contribution in [0.15, 0.2) is 24.3 Å². The first-order valence-corrected chi connectivity index (χ1v) is 9.68. The van der Waals surface area contributed by atoms with E-state index in [9.17, 15) is 4.79 Å². The van der Waals surface area contributed by atoms with Crippen LogP contribution < -0.4 is 10.6 Å². The minimum Gasteiger partial charge on any atom is -0.382 e. The molecule has 1 aromatic rings. The van der Waals surface area contributed by atoms with Crippen molar-refractivity contribution in [1.29, 1.82) is 0 Å². The summed E-state index contributed by atoms with van der Waals surface area (Å²) in [6.07, 6.45) is 7.33. The third-order valence-electron chi connectivity index (χ3n) is 5.10. The molecule has 25 heavy (non-hydrogen) atoms. The Morgan fingerprint density at radius 3 is 2.12 bits per heavy atom. The molecule has 0 spiro atoms. The summed E-state index contributed by atoms with van der Waals surface area (Å²) in [6.45, 7) is 5.99. The molecule has 0 aromatic heterocycles. The predicted molar refractivity (Wildman–Crippen MR) is 102 cm³/mol. The first kappa shape index (κ1) is 18.1. The molecule has 2 N–H and O–H groups in total. The number of hydrogen-bond acceptors (Lipinski definition) is 3. The van der Waals surface area contributed by atoms with Crippen molar-refractivity contribution in [2.24, 2.45) is 0 Å². The van der Waals surface area contributed by atoms with E-state index in [2.05, 4.69) is 24.5 Å². The minimum absolute atomic E-state index is 0.0229. The van der Waals surface area contributed by atoms with E-state index in [0.717, 1.165) is 50.1 Å². The molecule has 0 saturated carbocycles. The van der Waals surface area contributed by atoms with Gasteiger partial charge in [0.1, 0.15) is 0 Å². The standard InChI is InChI=1S/C20H31N3O2/c1-15-13-19(14-16(2)25-15)21-17-7-9-18(10-8-17)22-20(24)23-11-5-3-4-6-12-23/h7-10,15-16,19,21H,3-6,11-14H2,1-2H3,(H,22,24)/t15-,16-/m1/s1. The average Bonchev–Trinajstić information content (AvgIpc) is 2.85. The fourth-order valence-electron chi connectivity index (χ4n) is 3.88. The first-order chi connectivity index (χ1) is 12.1. The van der Waals surface area contributed by atoms with E-state index in [1.54, 1.807) is 0 Å². The molecular formula is C20H31N3O2. The third-order valence-corrected chi connectivity index (χ3v) is 5.10. The van der Waals surface area contributed by atoms with Crippen LogP contribution in [0, 0.1) is 0 Å². The summed E-state index contributed by atoms with van der Waals surface area (Å²) in [5.41, 5.74) is 1.95. The van der Waals surface area contributed by atoms with Crippen molar-refractivity contribution >= 4 is 17.4 Å². The van der Waals surface area contributed by atoms with E-state index < -0.39 is 0 Å². The lowest BCUT2D eigenvalue weighted by Crippen LogP contribution is -2.36. The maximum Gasteiger partial charge on any atom is 0.321 e. The van der Waals surface area contributed by atoms with Crippen molar-refractivity contribution < 1.29 is 9.53 Å². The second-order valence-corrected chi connectivity index (χ2v) is 7.48. The van der Waals surface area contributed by atoms with E-state index in [0.29, 0.717) is 18.2 Å². The number of amides is 2. The summed E-state index contributed by atoms with van der Waals surface area (Å²) in [4.78, 5) is 14.3. The second kappa shape index (κ2) is 8.56. The number of urea groups is 1. The lowest BCUT2D eigenvalue weighted by Gasteiger charge is -2.33. The topological polar surface area (TPSA) is 53.6 Å². The molecule has 5 nitrogen and oxygen atoms in total. The normalized spacial score (nSPS) is 27.4. The number of carbonyl (C=O) groups excluding carboxylic acids is 1. The Hall–Kier alpha value is -1.75. The lowest BCUT2D eigenvalue weighted by molar-refractivity contribution is -0.0337. The fraction of sp³-hybridized carbons (Fsp3) is 0.650. The zero-order valence-electron chi connectivity index (χ0n) is 15.5. The Morgan fingerprint density at radius 2 is 1.52 bits per heavy atom. The highest BCUT2D eigenvalue weighted by Crippen LogP contribution is 2.23. The highest BCUT2D eigenvalue weighted by molar-refractivity contribution is 5.89. The molecule has 0 bridgehead atoms. The van der Waals surface area contributed by atoms with Gasteiger partial charge in [0.15, 0.2) is 0 Å². The number of anilines is 2. The lowest BCUT2D eigenvalue weighted by atomic mass is 9.99. The van der Waals surface area contributed by atoms with Gasteiger partial charge in [0.2, 0.25) is 0 Å². The summed E-state index contributed by atoms with van der Waals surface area (Å²) in [7, 11) is 0. The van der Waals surface area contributed by atoms with Gasteiger partial charge < -0.3 is 20.3 Å². The van der Waals surface area contributed by atoms with Crippen molar-refractivity contribution in [1.82, 2.24) is 4.90 Å². The van der Waals surface area contributed by atoms with Crippen LogP contribution in [0.3, 0.4) is 0 Å². The van der Waals surface area contributed by atoms with Gasteiger partial charge in [-0.3, -0.25) is 0 Å². The van der Waals surface area contributed by atoms with Crippen LogP contribution in [0.4, 0.5) is 16.2 Å². The number of benzene rings is 1. The van der Waals surface area contributed by atoms with Crippen LogP contribution in [-0.2, 0) is 4.74 Å². The Balaban J connectivity index is 1.52. The van der Waals surface area contributed by atoms with Crippen molar-refractivity contribution in [3.8, 4) is 0 Å². The molecule has 3 rings (SSSR count). The quantitative estimate of drug-likeness (QED) is 0.850. The smallest absolute Gasteiger partial charge is 0.321 e. The Morgan fingerprint density at radius 1 is 0.960 bits per heavy atom. The third kappa shape index (κ3) is 5.36. The van der Waals surface area contributed by atoms with Gasteiger partial charge in [0.25, 0.3) is 0 Å². The molecule has 0 unspecified atom stereocenters. The monoisotopic (exact) mass is 345 g/mol. The van der Waals surface area contributed by atoms with Crippen LogP contribution in [0.25, 0.3) is 0 Å². The number of ether oxygens (including phenoxy) is 1. The molecule has 2 atom stereocenters. The summed E-state index contributed by atoms with van der Waals surface area (Å²) in [5, 5.41) is 6.61. The SMILES string of the molecule is C[C@@H]1CC(Nc2ccc(NC(=O)N3CCCCCC3)cc2)C[C@@H](C)O1. The Labute approximate surface area is 151 Å². The van der Waals surface area contributed by atoms with Gasteiger partial charge in [-0.1, -0.05) is 12.8 Å². The fourth-order valence-corrected chi connectivity index (χ4v) is 3.88. The van der Waals surface area contributed by atoms with Crippen LogP contribution in [0.1, 0.15) is 52.4 Å². The molecule has 2 saturated heterocycles. The molecule has 2 fully saturated rings. The molecule has 5 heteroatoms. The molecule has 2 amide bonds. The van der Waals surface area contributed by atoms with Gasteiger partial charge in [-0.25, -0.2) is 4.79 Å². The van der Waals surface area contributed by atoms with Crippen molar-refractivity contribution in [3.63, 3.8) is 0 Å². The number of rotatable bonds is 3. The van der Waals surface area contributed by atoms with E-state index >= 15 is 0 Å². The van der Waals surface area contributed by atoms with Gasteiger partial charge in [-0.15, -0.1) is 0 Å². The molecule has 0 radical (unpaired) electrons. The van der Waals surface area contributed by atoms with Crippen LogP contribution in [-0.4, -0.2) is 42.3 Å². The van der Waals surface area contributed by atoms with Crippen molar-refractivity contribution in [2.45, 2.75) is 70.6 Å². The Kier molecular flexibility index (Phi) is 6.19. The van der Waals surface area contributed by atoms with E-state index in [4.69, 9.17) is 4.74 Å². The second-order valence-electron chi connectivity index (χ2n) is 7.48. The average molecular weight is 345 g/mol. The molecule has 1 aromatic carbocycles. The maximum atomic E-state index is 12.4.